The molecular formula is C14H24N2S. The van der Waals surface area contributed by atoms with Crippen LogP contribution in [0.4, 0.5) is 0 Å². The Morgan fingerprint density at radius 2 is 2.12 bits per heavy atom. The minimum Gasteiger partial charge on any atom is -0.314 e. The second-order valence-electron chi connectivity index (χ2n) is 5.77. The highest BCUT2D eigenvalue weighted by Gasteiger charge is 2.34. The summed E-state index contributed by atoms with van der Waals surface area (Å²) in [4.78, 5) is 5.85. The molecule has 1 aromatic heterocycles. The summed E-state index contributed by atoms with van der Waals surface area (Å²) in [6, 6.07) is 0.593. The van der Waals surface area contributed by atoms with Crippen molar-refractivity contribution in [2.75, 3.05) is 6.54 Å². The Morgan fingerprint density at radius 3 is 2.65 bits per heavy atom. The molecule has 0 aromatic carbocycles. The normalized spacial score (nSPS) is 19.1. The van der Waals surface area contributed by atoms with Gasteiger partial charge in [0.1, 0.15) is 0 Å². The van der Waals surface area contributed by atoms with Crippen molar-refractivity contribution in [1.82, 2.24) is 10.3 Å². The maximum atomic E-state index is 4.38. The molecule has 1 aliphatic carbocycles. The first-order valence-corrected chi connectivity index (χ1v) is 7.56. The number of aromatic nitrogens is 1. The highest BCUT2D eigenvalue weighted by Crippen LogP contribution is 2.41. The highest BCUT2D eigenvalue weighted by atomic mass is 32.1. The first-order chi connectivity index (χ1) is 8.10. The van der Waals surface area contributed by atoms with E-state index in [-0.39, 0.29) is 0 Å². The van der Waals surface area contributed by atoms with Gasteiger partial charge in [-0.25, -0.2) is 4.98 Å². The molecular weight excluding hydrogens is 228 g/mol. The average Bonchev–Trinajstić information content (AvgIpc) is 2.87. The van der Waals surface area contributed by atoms with Gasteiger partial charge < -0.3 is 5.32 Å². The SMILES string of the molecule is Cc1ncc(CC2(CNC(C)C)CCCC2)s1. The molecule has 0 radical (unpaired) electrons. The third-order valence-corrected chi connectivity index (χ3v) is 4.68. The van der Waals surface area contributed by atoms with Crippen molar-refractivity contribution in [2.24, 2.45) is 5.41 Å². The fourth-order valence-corrected chi connectivity index (χ4v) is 3.79. The molecule has 0 aliphatic heterocycles. The first kappa shape index (κ1) is 13.0. The van der Waals surface area contributed by atoms with E-state index in [1.54, 1.807) is 0 Å². The molecule has 3 heteroatoms. The van der Waals surface area contributed by atoms with Crippen LogP contribution < -0.4 is 5.32 Å². The molecule has 0 unspecified atom stereocenters. The molecule has 0 saturated heterocycles. The van der Waals surface area contributed by atoms with Crippen LogP contribution in [-0.4, -0.2) is 17.6 Å². The van der Waals surface area contributed by atoms with Gasteiger partial charge in [0.15, 0.2) is 0 Å². The third kappa shape index (κ3) is 3.52. The molecule has 1 N–H and O–H groups in total. The van der Waals surface area contributed by atoms with Crippen LogP contribution in [-0.2, 0) is 6.42 Å². The van der Waals surface area contributed by atoms with Gasteiger partial charge >= 0.3 is 0 Å². The van der Waals surface area contributed by atoms with Gasteiger partial charge in [-0.15, -0.1) is 11.3 Å². The Balaban J connectivity index is 2.01. The van der Waals surface area contributed by atoms with Gasteiger partial charge in [0.05, 0.1) is 5.01 Å². The predicted molar refractivity (Wildman–Crippen MR) is 74.6 cm³/mol. The molecule has 1 aromatic rings. The summed E-state index contributed by atoms with van der Waals surface area (Å²) in [6.07, 6.45) is 8.86. The lowest BCUT2D eigenvalue weighted by Crippen LogP contribution is -2.37. The Hall–Kier alpha value is -0.410. The van der Waals surface area contributed by atoms with Crippen molar-refractivity contribution in [3.8, 4) is 0 Å². The maximum absolute atomic E-state index is 4.38. The Labute approximate surface area is 109 Å². The van der Waals surface area contributed by atoms with Crippen LogP contribution in [0.5, 0.6) is 0 Å². The van der Waals surface area contributed by atoms with E-state index in [4.69, 9.17) is 0 Å². The summed E-state index contributed by atoms with van der Waals surface area (Å²) in [5, 5.41) is 4.84. The first-order valence-electron chi connectivity index (χ1n) is 6.74. The zero-order chi connectivity index (χ0) is 12.3. The molecule has 0 amide bonds. The van der Waals surface area contributed by atoms with E-state index in [1.165, 1.54) is 48.5 Å². The zero-order valence-electron chi connectivity index (χ0n) is 11.3. The van der Waals surface area contributed by atoms with E-state index in [9.17, 15) is 0 Å². The van der Waals surface area contributed by atoms with Crippen molar-refractivity contribution in [3.05, 3.63) is 16.1 Å². The standard InChI is InChI=1S/C14H24N2S/c1-11(2)16-10-14(6-4-5-7-14)8-13-9-15-12(3)17-13/h9,11,16H,4-8,10H2,1-3H3. The van der Waals surface area contributed by atoms with Crippen LogP contribution in [0.2, 0.25) is 0 Å². The summed E-state index contributed by atoms with van der Waals surface area (Å²) in [5.41, 5.74) is 0.503. The lowest BCUT2D eigenvalue weighted by atomic mass is 9.82. The number of hydrogen-bond donors (Lipinski definition) is 1. The third-order valence-electron chi connectivity index (χ3n) is 3.77. The van der Waals surface area contributed by atoms with Gasteiger partial charge in [-0.05, 0) is 31.6 Å². The monoisotopic (exact) mass is 252 g/mol. The second-order valence-corrected chi connectivity index (χ2v) is 7.08. The van der Waals surface area contributed by atoms with Crippen molar-refractivity contribution in [3.63, 3.8) is 0 Å². The number of nitrogens with one attached hydrogen (secondary N) is 1. The average molecular weight is 252 g/mol. The molecule has 96 valence electrons. The number of hydrogen-bond acceptors (Lipinski definition) is 3. The van der Waals surface area contributed by atoms with Crippen LogP contribution in [0.3, 0.4) is 0 Å². The van der Waals surface area contributed by atoms with Crippen LogP contribution in [0.25, 0.3) is 0 Å². The van der Waals surface area contributed by atoms with Crippen LogP contribution in [0.15, 0.2) is 6.20 Å². The van der Waals surface area contributed by atoms with Crippen molar-refractivity contribution in [1.29, 1.82) is 0 Å². The van der Waals surface area contributed by atoms with E-state index in [2.05, 4.69) is 37.3 Å². The molecule has 0 atom stereocenters. The van der Waals surface area contributed by atoms with Gasteiger partial charge in [0.25, 0.3) is 0 Å². The summed E-state index contributed by atoms with van der Waals surface area (Å²) in [6.45, 7) is 7.74. The maximum Gasteiger partial charge on any atom is 0.0896 e. The van der Waals surface area contributed by atoms with E-state index in [1.807, 2.05) is 11.3 Å². The summed E-state index contributed by atoms with van der Waals surface area (Å²) >= 11 is 1.87. The van der Waals surface area contributed by atoms with E-state index in [0.29, 0.717) is 11.5 Å². The van der Waals surface area contributed by atoms with Gasteiger partial charge in [0, 0.05) is 23.7 Å². The fourth-order valence-electron chi connectivity index (χ4n) is 2.82. The van der Waals surface area contributed by atoms with Crippen LogP contribution in [0.1, 0.15) is 49.4 Å². The van der Waals surface area contributed by atoms with Gasteiger partial charge in [-0.3, -0.25) is 0 Å². The van der Waals surface area contributed by atoms with E-state index < -0.39 is 0 Å². The Kier molecular flexibility index (Phi) is 4.21. The van der Waals surface area contributed by atoms with Crippen molar-refractivity contribution in [2.45, 2.75) is 58.9 Å². The van der Waals surface area contributed by atoms with E-state index >= 15 is 0 Å². The smallest absolute Gasteiger partial charge is 0.0896 e. The largest absolute Gasteiger partial charge is 0.314 e. The van der Waals surface area contributed by atoms with Gasteiger partial charge in [-0.2, -0.15) is 0 Å². The van der Waals surface area contributed by atoms with Crippen molar-refractivity contribution < 1.29 is 0 Å². The molecule has 0 bridgehead atoms. The molecule has 2 nitrogen and oxygen atoms in total. The van der Waals surface area contributed by atoms with Crippen LogP contribution >= 0.6 is 11.3 Å². The molecule has 0 spiro atoms. The second kappa shape index (κ2) is 5.49. The number of aryl methyl sites for hydroxylation is 1. The predicted octanol–water partition coefficient (Wildman–Crippen LogP) is 3.55. The van der Waals surface area contributed by atoms with Gasteiger partial charge in [-0.1, -0.05) is 26.7 Å². The summed E-state index contributed by atoms with van der Waals surface area (Å²) in [7, 11) is 0. The lowest BCUT2D eigenvalue weighted by Gasteiger charge is -2.30. The molecule has 1 heterocycles. The number of nitrogens with zero attached hydrogens (tertiary/aromatic N) is 1. The minimum atomic E-state index is 0.503. The van der Waals surface area contributed by atoms with E-state index in [0.717, 1.165) is 0 Å². The fraction of sp³-hybridized carbons (Fsp3) is 0.786. The number of rotatable bonds is 5. The lowest BCUT2D eigenvalue weighted by molar-refractivity contribution is 0.271. The molecule has 1 fully saturated rings. The number of thiazole rings is 1. The highest BCUT2D eigenvalue weighted by molar-refractivity contribution is 7.11. The van der Waals surface area contributed by atoms with Crippen molar-refractivity contribution >= 4 is 11.3 Å². The molecule has 1 aliphatic rings. The molecule has 17 heavy (non-hydrogen) atoms. The molecule has 1 saturated carbocycles. The summed E-state index contributed by atoms with van der Waals surface area (Å²) in [5.74, 6) is 0. The van der Waals surface area contributed by atoms with Gasteiger partial charge in [0.2, 0.25) is 0 Å². The molecule has 2 rings (SSSR count). The topological polar surface area (TPSA) is 24.9 Å². The zero-order valence-corrected chi connectivity index (χ0v) is 12.1. The minimum absolute atomic E-state index is 0.503. The summed E-state index contributed by atoms with van der Waals surface area (Å²) < 4.78 is 0. The Morgan fingerprint density at radius 1 is 1.41 bits per heavy atom. The Bertz CT molecular complexity index is 351. The quantitative estimate of drug-likeness (QED) is 0.867. The van der Waals surface area contributed by atoms with Crippen LogP contribution in [0, 0.1) is 12.3 Å².